The predicted molar refractivity (Wildman–Crippen MR) is 104 cm³/mol. The van der Waals surface area contributed by atoms with Crippen LogP contribution in [-0.4, -0.2) is 31.7 Å². The first-order valence-electron chi connectivity index (χ1n) is 8.14. The van der Waals surface area contributed by atoms with E-state index in [1.54, 1.807) is 56.5 Å². The fourth-order valence-electron chi connectivity index (χ4n) is 2.28. The van der Waals surface area contributed by atoms with Gasteiger partial charge in [0.05, 0.1) is 31.9 Å². The molecule has 0 aromatic heterocycles. The third-order valence-electron chi connectivity index (χ3n) is 3.65. The zero-order chi connectivity index (χ0) is 19.8. The minimum absolute atomic E-state index is 0.000263. The molecule has 0 unspecified atom stereocenters. The highest BCUT2D eigenvalue weighted by molar-refractivity contribution is 6.07. The van der Waals surface area contributed by atoms with Gasteiger partial charge in [0, 0.05) is 17.5 Å². The van der Waals surface area contributed by atoms with E-state index in [1.807, 2.05) is 0 Å². The minimum atomic E-state index is -0.440. The number of nitrogen functional groups attached to an aromatic ring is 1. The van der Waals surface area contributed by atoms with Gasteiger partial charge in [-0.25, -0.2) is 5.43 Å². The Balaban J connectivity index is 1.96. The van der Waals surface area contributed by atoms with Crippen LogP contribution in [0, 0.1) is 0 Å². The second-order valence-electron chi connectivity index (χ2n) is 5.67. The van der Waals surface area contributed by atoms with Gasteiger partial charge in [0.1, 0.15) is 11.5 Å². The lowest BCUT2D eigenvalue weighted by molar-refractivity contribution is -0.115. The number of hydrogen-bond acceptors (Lipinski definition) is 6. The van der Waals surface area contributed by atoms with Gasteiger partial charge in [-0.3, -0.25) is 9.59 Å². The number of anilines is 2. The predicted octanol–water partition coefficient (Wildman–Crippen LogP) is 2.42. The second-order valence-corrected chi connectivity index (χ2v) is 5.67. The van der Waals surface area contributed by atoms with E-state index >= 15 is 0 Å². The normalized spacial score (nSPS) is 10.9. The molecular formula is C19H22N4O4. The smallest absolute Gasteiger partial charge is 0.273 e. The summed E-state index contributed by atoms with van der Waals surface area (Å²) in [6.45, 7) is 1.64. The quantitative estimate of drug-likeness (QED) is 0.393. The molecule has 0 spiro atoms. The highest BCUT2D eigenvalue weighted by Gasteiger charge is 2.11. The molecule has 0 aliphatic heterocycles. The summed E-state index contributed by atoms with van der Waals surface area (Å²) in [5.41, 5.74) is 9.76. The molecule has 4 N–H and O–H groups in total. The zero-order valence-electron chi connectivity index (χ0n) is 15.4. The molecule has 0 saturated heterocycles. The van der Waals surface area contributed by atoms with Crippen LogP contribution in [0.5, 0.6) is 11.5 Å². The molecule has 0 aliphatic carbocycles. The van der Waals surface area contributed by atoms with Crippen molar-refractivity contribution < 1.29 is 19.1 Å². The number of nitrogens with zero attached hydrogens (tertiary/aromatic N) is 1. The van der Waals surface area contributed by atoms with E-state index in [9.17, 15) is 9.59 Å². The Kier molecular flexibility index (Phi) is 6.76. The minimum Gasteiger partial charge on any atom is -0.497 e. The van der Waals surface area contributed by atoms with Gasteiger partial charge in [0.15, 0.2) is 0 Å². The van der Waals surface area contributed by atoms with E-state index in [2.05, 4.69) is 15.8 Å². The first-order valence-corrected chi connectivity index (χ1v) is 8.14. The molecule has 0 radical (unpaired) electrons. The molecule has 0 heterocycles. The van der Waals surface area contributed by atoms with Crippen LogP contribution in [0.4, 0.5) is 11.4 Å². The third-order valence-corrected chi connectivity index (χ3v) is 3.65. The standard InChI is InChI=1S/C19H22N4O4/c1-12(22-23-19(25)14-6-4-5-7-15(14)20)10-18(24)21-16-9-8-13(26-2)11-17(16)27-3/h4-9,11H,10,20H2,1-3H3,(H,21,24)(H,23,25). The van der Waals surface area contributed by atoms with Crippen molar-refractivity contribution in [2.75, 3.05) is 25.3 Å². The number of amides is 2. The van der Waals surface area contributed by atoms with Gasteiger partial charge in [-0.2, -0.15) is 5.10 Å². The molecule has 0 fully saturated rings. The van der Waals surface area contributed by atoms with Gasteiger partial charge in [0.2, 0.25) is 5.91 Å². The Bertz CT molecular complexity index is 865. The number of benzene rings is 2. The monoisotopic (exact) mass is 370 g/mol. The van der Waals surface area contributed by atoms with E-state index < -0.39 is 5.91 Å². The molecule has 8 heteroatoms. The van der Waals surface area contributed by atoms with Crippen molar-refractivity contribution in [3.63, 3.8) is 0 Å². The van der Waals surface area contributed by atoms with E-state index in [0.717, 1.165) is 0 Å². The largest absolute Gasteiger partial charge is 0.497 e. The molecule has 142 valence electrons. The number of ether oxygens (including phenoxy) is 2. The molecule has 0 bridgehead atoms. The van der Waals surface area contributed by atoms with E-state index in [4.69, 9.17) is 15.2 Å². The van der Waals surface area contributed by atoms with Gasteiger partial charge in [-0.1, -0.05) is 12.1 Å². The lowest BCUT2D eigenvalue weighted by Gasteiger charge is -2.11. The van der Waals surface area contributed by atoms with E-state index in [-0.39, 0.29) is 12.3 Å². The molecule has 0 aliphatic rings. The number of carbonyl (C=O) groups excluding carboxylic acids is 2. The Morgan fingerprint density at radius 1 is 1.11 bits per heavy atom. The summed E-state index contributed by atoms with van der Waals surface area (Å²) in [5.74, 6) is 0.355. The average molecular weight is 370 g/mol. The summed E-state index contributed by atoms with van der Waals surface area (Å²) in [4.78, 5) is 24.3. The molecule has 2 amide bonds. The van der Waals surface area contributed by atoms with Crippen LogP contribution in [0.2, 0.25) is 0 Å². The molecule has 2 aromatic rings. The van der Waals surface area contributed by atoms with Crippen molar-refractivity contribution in [3.8, 4) is 11.5 Å². The van der Waals surface area contributed by atoms with E-state index in [0.29, 0.717) is 34.1 Å². The highest BCUT2D eigenvalue weighted by atomic mass is 16.5. The van der Waals surface area contributed by atoms with Gasteiger partial charge in [-0.05, 0) is 31.2 Å². The SMILES string of the molecule is COc1ccc(NC(=O)CC(C)=NNC(=O)c2ccccc2N)c(OC)c1. The summed E-state index contributed by atoms with van der Waals surface area (Å²) >= 11 is 0. The average Bonchev–Trinajstić information content (AvgIpc) is 2.66. The van der Waals surface area contributed by atoms with Crippen LogP contribution in [-0.2, 0) is 4.79 Å². The van der Waals surface area contributed by atoms with Crippen molar-refractivity contribution in [3.05, 3.63) is 48.0 Å². The molecule has 2 rings (SSSR count). The summed E-state index contributed by atoms with van der Waals surface area (Å²) in [6.07, 6.45) is -0.000263. The maximum Gasteiger partial charge on any atom is 0.273 e. The van der Waals surface area contributed by atoms with Crippen molar-refractivity contribution in [1.82, 2.24) is 5.43 Å². The van der Waals surface area contributed by atoms with Crippen LogP contribution in [0.15, 0.2) is 47.6 Å². The van der Waals surface area contributed by atoms with Crippen molar-refractivity contribution in [2.45, 2.75) is 13.3 Å². The maximum absolute atomic E-state index is 12.2. The van der Waals surface area contributed by atoms with Crippen molar-refractivity contribution >= 4 is 28.9 Å². The Morgan fingerprint density at radius 2 is 1.85 bits per heavy atom. The lowest BCUT2D eigenvalue weighted by Crippen LogP contribution is -2.22. The van der Waals surface area contributed by atoms with Crippen LogP contribution < -0.4 is 25.9 Å². The zero-order valence-corrected chi connectivity index (χ0v) is 15.4. The lowest BCUT2D eigenvalue weighted by atomic mass is 10.2. The number of rotatable bonds is 7. The first kappa shape index (κ1) is 19.8. The van der Waals surface area contributed by atoms with Crippen LogP contribution in [0.25, 0.3) is 0 Å². The topological polar surface area (TPSA) is 115 Å². The molecular weight excluding hydrogens is 348 g/mol. The van der Waals surface area contributed by atoms with Crippen molar-refractivity contribution in [2.24, 2.45) is 5.10 Å². The van der Waals surface area contributed by atoms with Crippen LogP contribution in [0.1, 0.15) is 23.7 Å². The molecule has 2 aromatic carbocycles. The highest BCUT2D eigenvalue weighted by Crippen LogP contribution is 2.29. The Hall–Kier alpha value is -3.55. The molecule has 0 saturated carbocycles. The van der Waals surface area contributed by atoms with Gasteiger partial charge >= 0.3 is 0 Å². The molecule has 8 nitrogen and oxygen atoms in total. The van der Waals surface area contributed by atoms with Gasteiger partial charge in [-0.15, -0.1) is 0 Å². The fourth-order valence-corrected chi connectivity index (χ4v) is 2.28. The van der Waals surface area contributed by atoms with Gasteiger partial charge < -0.3 is 20.5 Å². The first-order chi connectivity index (χ1) is 12.9. The second kappa shape index (κ2) is 9.23. The number of nitrogens with two attached hydrogens (primary N) is 1. The third kappa shape index (κ3) is 5.46. The Morgan fingerprint density at radius 3 is 2.52 bits per heavy atom. The number of hydrogen-bond donors (Lipinski definition) is 3. The van der Waals surface area contributed by atoms with Gasteiger partial charge in [0.25, 0.3) is 5.91 Å². The number of methoxy groups -OCH3 is 2. The van der Waals surface area contributed by atoms with Crippen LogP contribution >= 0.6 is 0 Å². The molecule has 0 atom stereocenters. The van der Waals surface area contributed by atoms with Crippen molar-refractivity contribution in [1.29, 1.82) is 0 Å². The summed E-state index contributed by atoms with van der Waals surface area (Å²) in [5, 5.41) is 6.68. The number of para-hydroxylation sites is 1. The maximum atomic E-state index is 12.2. The fraction of sp³-hybridized carbons (Fsp3) is 0.211. The Labute approximate surface area is 157 Å². The summed E-state index contributed by atoms with van der Waals surface area (Å²) < 4.78 is 10.4. The molecule has 27 heavy (non-hydrogen) atoms. The van der Waals surface area contributed by atoms with E-state index in [1.165, 1.54) is 7.11 Å². The number of nitrogens with one attached hydrogen (secondary N) is 2. The summed E-state index contributed by atoms with van der Waals surface area (Å²) in [6, 6.07) is 11.7. The van der Waals surface area contributed by atoms with Crippen LogP contribution in [0.3, 0.4) is 0 Å². The number of carbonyl (C=O) groups is 2. The summed E-state index contributed by atoms with van der Waals surface area (Å²) in [7, 11) is 3.05. The number of hydrazone groups is 1.